The molecule has 0 aromatic carbocycles. The van der Waals surface area contributed by atoms with Crippen LogP contribution in [0.25, 0.3) is 11.4 Å². The molecular formula is C23H31N7. The Hall–Kier alpha value is -3.06. The minimum absolute atomic E-state index is 0.441. The summed E-state index contributed by atoms with van der Waals surface area (Å²) in [5, 5.41) is 6.85. The van der Waals surface area contributed by atoms with E-state index in [4.69, 9.17) is 0 Å². The highest BCUT2D eigenvalue weighted by atomic mass is 15.1. The second-order valence-electron chi connectivity index (χ2n) is 7.54. The average Bonchev–Trinajstić information content (AvgIpc) is 3.22. The first-order valence-corrected chi connectivity index (χ1v) is 10.4. The monoisotopic (exact) mass is 405 g/mol. The van der Waals surface area contributed by atoms with Gasteiger partial charge in [-0.25, -0.2) is 19.9 Å². The number of nitrogens with zero attached hydrogens (tertiary/aromatic N) is 5. The van der Waals surface area contributed by atoms with E-state index in [1.54, 1.807) is 18.5 Å². The predicted molar refractivity (Wildman–Crippen MR) is 122 cm³/mol. The van der Waals surface area contributed by atoms with E-state index in [1.165, 1.54) is 12.8 Å². The number of rotatable bonds is 5. The van der Waals surface area contributed by atoms with Gasteiger partial charge in [-0.05, 0) is 52.2 Å². The molecular weight excluding hydrogens is 374 g/mol. The van der Waals surface area contributed by atoms with Crippen molar-refractivity contribution in [3.05, 3.63) is 67.0 Å². The van der Waals surface area contributed by atoms with E-state index in [9.17, 15) is 0 Å². The van der Waals surface area contributed by atoms with Crippen molar-refractivity contribution in [1.29, 1.82) is 0 Å². The molecule has 3 heterocycles. The molecule has 3 aromatic heterocycles. The lowest BCUT2D eigenvalue weighted by molar-refractivity contribution is 0.370. The molecule has 0 radical (unpaired) electrons. The third kappa shape index (κ3) is 5.10. The fraction of sp³-hybridized carbons (Fsp3) is 0.391. The largest absolute Gasteiger partial charge is 0.351 e. The highest BCUT2D eigenvalue weighted by Crippen LogP contribution is 2.25. The van der Waals surface area contributed by atoms with Crippen LogP contribution < -0.4 is 10.6 Å². The van der Waals surface area contributed by atoms with Gasteiger partial charge in [0.15, 0.2) is 0 Å². The topological polar surface area (TPSA) is 80.0 Å². The lowest BCUT2D eigenvalue weighted by atomic mass is 9.91. The lowest BCUT2D eigenvalue weighted by Gasteiger charge is -2.28. The van der Waals surface area contributed by atoms with Crippen molar-refractivity contribution in [2.24, 2.45) is 0 Å². The van der Waals surface area contributed by atoms with Crippen LogP contribution in [0.4, 0.5) is 5.95 Å². The smallest absolute Gasteiger partial charge is 0.233 e. The third-order valence-electron chi connectivity index (χ3n) is 5.37. The molecule has 0 spiro atoms. The van der Waals surface area contributed by atoms with Crippen LogP contribution >= 0.6 is 0 Å². The maximum absolute atomic E-state index is 4.67. The number of allylic oxidation sites excluding steroid dienone is 1. The summed E-state index contributed by atoms with van der Waals surface area (Å²) in [5.74, 6) is 1.37. The van der Waals surface area contributed by atoms with E-state index < -0.39 is 0 Å². The molecule has 1 aliphatic rings. The molecule has 7 nitrogen and oxygen atoms in total. The zero-order valence-electron chi connectivity index (χ0n) is 18.1. The number of fused-ring (bicyclic) bond motifs is 1. The molecule has 3 aromatic rings. The maximum Gasteiger partial charge on any atom is 0.233 e. The van der Waals surface area contributed by atoms with Crippen LogP contribution in [0.15, 0.2) is 50.2 Å². The van der Waals surface area contributed by atoms with Gasteiger partial charge in [0.1, 0.15) is 0 Å². The molecule has 7 heteroatoms. The average molecular weight is 406 g/mol. The molecule has 0 amide bonds. The van der Waals surface area contributed by atoms with Gasteiger partial charge in [0.2, 0.25) is 11.7 Å². The van der Waals surface area contributed by atoms with Gasteiger partial charge in [-0.2, -0.15) is 0 Å². The normalized spacial score (nSPS) is 18.4. The van der Waals surface area contributed by atoms with Gasteiger partial charge in [0.25, 0.3) is 0 Å². The van der Waals surface area contributed by atoms with Gasteiger partial charge in [0.05, 0.1) is 5.69 Å². The number of hydrogen-bond donors (Lipinski definition) is 2. The summed E-state index contributed by atoms with van der Waals surface area (Å²) in [4.78, 5) is 17.7. The SMILES string of the molecule is C=C(c1cnc2nccn2c1)c1cnc(NC2CCC(NC)CC2)nc1C.C=CC. The molecule has 0 bridgehead atoms. The molecule has 4 rings (SSSR count). The molecule has 30 heavy (non-hydrogen) atoms. The molecule has 158 valence electrons. The van der Waals surface area contributed by atoms with Crippen LogP contribution in [-0.4, -0.2) is 43.5 Å². The van der Waals surface area contributed by atoms with Crippen LogP contribution in [0.2, 0.25) is 0 Å². The summed E-state index contributed by atoms with van der Waals surface area (Å²) in [6.45, 7) is 11.5. The molecule has 1 saturated carbocycles. The summed E-state index contributed by atoms with van der Waals surface area (Å²) >= 11 is 0. The second kappa shape index (κ2) is 10.1. The van der Waals surface area contributed by atoms with E-state index >= 15 is 0 Å². The Kier molecular flexibility index (Phi) is 7.30. The molecule has 0 aliphatic heterocycles. The first-order valence-electron chi connectivity index (χ1n) is 10.4. The molecule has 0 atom stereocenters. The first-order chi connectivity index (χ1) is 14.5. The van der Waals surface area contributed by atoms with Gasteiger partial charge in [0, 0.05) is 54.2 Å². The lowest BCUT2D eigenvalue weighted by Crippen LogP contribution is -2.35. The zero-order valence-corrected chi connectivity index (χ0v) is 18.1. The van der Waals surface area contributed by atoms with E-state index in [1.807, 2.05) is 43.9 Å². The molecule has 0 unspecified atom stereocenters. The molecule has 1 aliphatic carbocycles. The van der Waals surface area contributed by atoms with E-state index in [2.05, 4.69) is 43.7 Å². The Morgan fingerprint density at radius 3 is 2.50 bits per heavy atom. The van der Waals surface area contributed by atoms with Gasteiger partial charge >= 0.3 is 0 Å². The van der Waals surface area contributed by atoms with Gasteiger partial charge in [-0.3, -0.25) is 4.40 Å². The van der Waals surface area contributed by atoms with E-state index in [-0.39, 0.29) is 0 Å². The van der Waals surface area contributed by atoms with Gasteiger partial charge in [-0.15, -0.1) is 6.58 Å². The fourth-order valence-corrected chi connectivity index (χ4v) is 3.67. The second-order valence-corrected chi connectivity index (χ2v) is 7.54. The Balaban J connectivity index is 0.000000806. The van der Waals surface area contributed by atoms with Crippen LogP contribution in [0.3, 0.4) is 0 Å². The molecule has 1 fully saturated rings. The molecule has 2 N–H and O–H groups in total. The van der Waals surface area contributed by atoms with Crippen molar-refractivity contribution in [2.75, 3.05) is 12.4 Å². The van der Waals surface area contributed by atoms with Crippen molar-refractivity contribution in [3.8, 4) is 0 Å². The highest BCUT2D eigenvalue weighted by Gasteiger charge is 2.20. The number of anilines is 1. The Labute approximate surface area is 178 Å². The summed E-state index contributed by atoms with van der Waals surface area (Å²) in [6, 6.07) is 1.08. The highest BCUT2D eigenvalue weighted by molar-refractivity contribution is 5.78. The number of aryl methyl sites for hydroxylation is 1. The maximum atomic E-state index is 4.67. The van der Waals surface area contributed by atoms with Crippen LogP contribution in [0.5, 0.6) is 0 Å². The Morgan fingerprint density at radius 2 is 1.83 bits per heavy atom. The standard InChI is InChI=1S/C20H25N7.C3H6/c1-13(15-10-24-20-22-8-9-27(20)12-15)18-11-23-19(25-14(18)2)26-17-6-4-16(21-3)5-7-17;1-3-2/h8-12,16-17,21H,1,4-7H2,2-3H3,(H,23,25,26);3H,1H2,2H3. The van der Waals surface area contributed by atoms with E-state index in [0.717, 1.165) is 35.2 Å². The summed E-state index contributed by atoms with van der Waals surface area (Å²) < 4.78 is 1.88. The first kappa shape index (κ1) is 21.6. The van der Waals surface area contributed by atoms with Crippen molar-refractivity contribution >= 4 is 17.3 Å². The van der Waals surface area contributed by atoms with Crippen molar-refractivity contribution < 1.29 is 0 Å². The Morgan fingerprint density at radius 1 is 1.13 bits per heavy atom. The van der Waals surface area contributed by atoms with Gasteiger partial charge < -0.3 is 10.6 Å². The van der Waals surface area contributed by atoms with Crippen LogP contribution in [0, 0.1) is 6.92 Å². The van der Waals surface area contributed by atoms with Crippen LogP contribution in [-0.2, 0) is 0 Å². The minimum atomic E-state index is 0.441. The quantitative estimate of drug-likeness (QED) is 0.624. The third-order valence-corrected chi connectivity index (χ3v) is 5.37. The van der Waals surface area contributed by atoms with Crippen molar-refractivity contribution in [2.45, 2.75) is 51.6 Å². The fourth-order valence-electron chi connectivity index (χ4n) is 3.67. The summed E-state index contributed by atoms with van der Waals surface area (Å²) in [6.07, 6.45) is 15.6. The molecule has 0 saturated heterocycles. The van der Waals surface area contributed by atoms with E-state index in [0.29, 0.717) is 23.8 Å². The zero-order chi connectivity index (χ0) is 21.5. The van der Waals surface area contributed by atoms with Crippen molar-refractivity contribution in [3.63, 3.8) is 0 Å². The number of aromatic nitrogens is 5. The number of nitrogens with one attached hydrogen (secondary N) is 2. The van der Waals surface area contributed by atoms with Gasteiger partial charge in [-0.1, -0.05) is 12.7 Å². The summed E-state index contributed by atoms with van der Waals surface area (Å²) in [5.41, 5.74) is 3.63. The minimum Gasteiger partial charge on any atom is -0.351 e. The summed E-state index contributed by atoms with van der Waals surface area (Å²) in [7, 11) is 2.04. The van der Waals surface area contributed by atoms with Crippen molar-refractivity contribution in [1.82, 2.24) is 29.7 Å². The predicted octanol–water partition coefficient (Wildman–Crippen LogP) is 4.02. The number of imidazole rings is 1. The number of hydrogen-bond acceptors (Lipinski definition) is 6. The van der Waals surface area contributed by atoms with Crippen LogP contribution in [0.1, 0.15) is 49.4 Å². The Bertz CT molecular complexity index is 1000.